The Morgan fingerprint density at radius 3 is 1.08 bits per heavy atom. The van der Waals surface area contributed by atoms with Gasteiger partial charge in [0.25, 0.3) is 0 Å². The van der Waals surface area contributed by atoms with Crippen molar-refractivity contribution in [1.82, 2.24) is 99.8 Å². The largest absolute Gasteiger partial charge is 0.478 e. The van der Waals surface area contributed by atoms with Crippen LogP contribution in [-0.2, 0) is 98.1 Å². The predicted molar refractivity (Wildman–Crippen MR) is 393 cm³/mol. The van der Waals surface area contributed by atoms with Gasteiger partial charge in [0.1, 0.15) is 79.7 Å². The first-order chi connectivity index (χ1) is 55.5. The number of alkyl halides is 3. The van der Waals surface area contributed by atoms with Gasteiger partial charge < -0.3 is 33.9 Å². The van der Waals surface area contributed by atoms with Gasteiger partial charge in [-0.2, -0.15) is 13.2 Å². The molecule has 606 valence electrons. The number of nitrogens with zero attached hydrogens (tertiary/aromatic N) is 20. The predicted octanol–water partition coefficient (Wildman–Crippen LogP) is 10.4. The number of Topliss-reactive ketones (excluding diaryl/α,β-unsaturated/α-hetero) is 1. The van der Waals surface area contributed by atoms with Gasteiger partial charge in [0.15, 0.2) is 11.5 Å². The van der Waals surface area contributed by atoms with Gasteiger partial charge in [0, 0.05) is 87.8 Å². The lowest BCUT2D eigenvalue weighted by Crippen LogP contribution is -2.15. The first kappa shape index (κ1) is 87.1. The summed E-state index contributed by atoms with van der Waals surface area (Å²) in [6.07, 6.45) is 0.967. The van der Waals surface area contributed by atoms with E-state index in [4.69, 9.17) is 59.2 Å². The first-order valence-electron chi connectivity index (χ1n) is 33.6. The van der Waals surface area contributed by atoms with Gasteiger partial charge in [-0.25, -0.2) is 52.0 Å². The Hall–Kier alpha value is -13.8. The highest BCUT2D eigenvalue weighted by Gasteiger charge is 2.33. The van der Waals surface area contributed by atoms with E-state index in [0.717, 1.165) is 53.7 Å². The number of carboxylic acid groups (broad SMARTS) is 2. The summed E-state index contributed by atoms with van der Waals surface area (Å²) in [7, 11) is 8.80. The number of methoxy groups -OCH3 is 2. The second kappa shape index (κ2) is 38.8. The minimum absolute atomic E-state index is 0.00292. The third-order valence-electron chi connectivity index (χ3n) is 16.4. The molecule has 0 bridgehead atoms. The van der Waals surface area contributed by atoms with E-state index in [1.54, 1.807) is 41.1 Å². The van der Waals surface area contributed by atoms with Crippen molar-refractivity contribution in [1.29, 1.82) is 0 Å². The van der Waals surface area contributed by atoms with E-state index in [9.17, 15) is 64.7 Å². The molecule has 0 fully saturated rings. The number of esters is 5. The van der Waals surface area contributed by atoms with Crippen LogP contribution < -0.4 is 0 Å². The second-order valence-corrected chi connectivity index (χ2v) is 25.5. The maximum Gasteiger partial charge on any atom is 0.433 e. The lowest BCUT2D eigenvalue weighted by molar-refractivity contribution is -0.148. The fourth-order valence-electron chi connectivity index (χ4n) is 10.5. The van der Waals surface area contributed by atoms with Crippen molar-refractivity contribution in [3.05, 3.63) is 234 Å². The van der Waals surface area contributed by atoms with Crippen molar-refractivity contribution in [2.45, 2.75) is 70.9 Å². The molecule has 0 aliphatic rings. The van der Waals surface area contributed by atoms with Crippen LogP contribution in [0.3, 0.4) is 0 Å². The van der Waals surface area contributed by atoms with Crippen LogP contribution in [0.4, 0.5) is 26.3 Å². The number of rotatable bonds is 23. The Kier molecular flexibility index (Phi) is 28.9. The van der Waals surface area contributed by atoms with E-state index in [0.29, 0.717) is 51.2 Å². The van der Waals surface area contributed by atoms with Gasteiger partial charge >= 0.3 is 48.0 Å². The molecule has 0 amide bonds. The zero-order valence-corrected chi connectivity index (χ0v) is 64.5. The van der Waals surface area contributed by atoms with E-state index in [-0.39, 0.29) is 103 Å². The van der Waals surface area contributed by atoms with Gasteiger partial charge in [-0.1, -0.05) is 55.7 Å². The lowest BCUT2D eigenvalue weighted by Gasteiger charge is -2.15. The molecule has 0 saturated heterocycles. The lowest BCUT2D eigenvalue weighted by atomic mass is 10.0. The fraction of sp³-hybridized carbons (Fsp3) is 0.233. The SMILES string of the molecule is COC(=O)c1ccc(-c2nnn(C)c2C(=O)O)nc1.COC(=O)c1ccc(-c2nnn(C)c2CC(=O)O[C@H](C)c2cc(F)cnc2Cl)nc1.C[C@@H](OC(=O)Cc1c(-c2ccc(C(=O)Cc3ccnc(C(F)(F)F)c3)cn2)nnn1C)c1cc(F)cnc1Cl.C[C@@H](OC(=O)Cc1c(-c2ccc(C(=O)O)cn2)nnn1C)c1cc(F)cnc1Cl. The van der Waals surface area contributed by atoms with Crippen molar-refractivity contribution < 1.29 is 98.6 Å². The smallest absolute Gasteiger partial charge is 0.433 e. The van der Waals surface area contributed by atoms with Crippen molar-refractivity contribution in [2.75, 3.05) is 14.2 Å². The quantitative estimate of drug-likeness (QED) is 0.0197. The van der Waals surface area contributed by atoms with Crippen molar-refractivity contribution in [3.63, 3.8) is 0 Å². The summed E-state index contributed by atoms with van der Waals surface area (Å²) in [5, 5.41) is 49.3. The zero-order valence-electron chi connectivity index (χ0n) is 62.2. The molecule has 12 rings (SSSR count). The number of aromatic carboxylic acids is 2. The van der Waals surface area contributed by atoms with Gasteiger partial charge in [-0.3, -0.25) is 58.1 Å². The molecule has 2 N–H and O–H groups in total. The van der Waals surface area contributed by atoms with Crippen molar-refractivity contribution >= 4 is 82.4 Å². The molecule has 3 atom stereocenters. The molecule has 44 heteroatoms. The molecule has 12 aromatic rings. The zero-order chi connectivity index (χ0) is 85.3. The third-order valence-corrected chi connectivity index (χ3v) is 17.4. The number of carbonyl (C=O) groups is 8. The molecule has 0 aliphatic heterocycles. The van der Waals surface area contributed by atoms with Crippen LogP contribution in [0.25, 0.3) is 45.6 Å². The van der Waals surface area contributed by atoms with E-state index in [1.165, 1.54) is 116 Å². The summed E-state index contributed by atoms with van der Waals surface area (Å²) in [6, 6.07) is 17.5. The van der Waals surface area contributed by atoms with E-state index in [2.05, 4.69) is 90.6 Å². The number of hydrogen-bond donors (Lipinski definition) is 2. The summed E-state index contributed by atoms with van der Waals surface area (Å²) in [4.78, 5) is 126. The summed E-state index contributed by atoms with van der Waals surface area (Å²) in [5.74, 6) is -7.44. The molecular weight excluding hydrogens is 1620 g/mol. The number of ketones is 1. The molecule has 0 saturated carbocycles. The summed E-state index contributed by atoms with van der Waals surface area (Å²) in [6.45, 7) is 4.64. The van der Waals surface area contributed by atoms with Gasteiger partial charge in [0.2, 0.25) is 0 Å². The normalized spacial score (nSPS) is 11.7. The molecule has 0 unspecified atom stereocenters. The summed E-state index contributed by atoms with van der Waals surface area (Å²) in [5.41, 5.74) is 4.17. The molecular formula is C73H61Cl3F6N20O15. The molecule has 0 radical (unpaired) electrons. The number of carbonyl (C=O) groups excluding carboxylic acids is 6. The highest BCUT2D eigenvalue weighted by molar-refractivity contribution is 6.30. The maximum atomic E-state index is 13.5. The molecule has 12 heterocycles. The first-order valence-corrected chi connectivity index (χ1v) is 34.8. The van der Waals surface area contributed by atoms with Gasteiger partial charge in [0.05, 0.1) is 109 Å². The van der Waals surface area contributed by atoms with Crippen LogP contribution in [-0.4, -0.2) is 172 Å². The number of aromatic nitrogens is 20. The van der Waals surface area contributed by atoms with Crippen molar-refractivity contribution in [2.24, 2.45) is 28.2 Å². The molecule has 12 aromatic heterocycles. The molecule has 0 aromatic carbocycles. The van der Waals surface area contributed by atoms with Crippen LogP contribution >= 0.6 is 34.8 Å². The number of halogens is 9. The second-order valence-electron chi connectivity index (χ2n) is 24.4. The minimum atomic E-state index is -4.62. The molecule has 0 spiro atoms. The van der Waals surface area contributed by atoms with Crippen LogP contribution in [0.5, 0.6) is 0 Å². The molecule has 117 heavy (non-hydrogen) atoms. The minimum Gasteiger partial charge on any atom is -0.478 e. The standard InChI is InChI=1S/C25H19ClF4N6O3.C19H17ClFN5O4.C18H15ClFN5O4.C11H10N4O4/c1-13(17-9-16(27)12-33-24(17)26)39-22(38)10-19-23(34-35-36(19)2)18-4-3-15(11-32-18)20(37)7-14-5-6-31-21(8-14)25(28,29)30;1-10(13-6-12(21)9-23-18(13)20)30-16(27)7-15-17(24-25-26(15)2)14-5-4-11(8-22-14)19(28)29-3;1-9(12-5-11(20)8-22-17(12)19)29-15(26)6-14-16(23-24-25(14)2)13-4-3-10(7-21-13)18(27)28;1-15-9(10(16)17)8(13-14-15)7-4-3-6(5-12-7)11(18)19-2/h3-6,8-9,11-13H,7,10H2,1-2H3;4-6,8-10H,7H2,1-3H3;3-5,7-9H,6H2,1-2H3,(H,27,28);3-5H,1-2H3,(H,16,17)/t13-;10-;9-;/m111./s1. The van der Waals surface area contributed by atoms with Crippen LogP contribution in [0.1, 0.15) is 136 Å². The van der Waals surface area contributed by atoms with Crippen LogP contribution in [0.2, 0.25) is 15.5 Å². The van der Waals surface area contributed by atoms with E-state index >= 15 is 0 Å². The maximum absolute atomic E-state index is 13.5. The summed E-state index contributed by atoms with van der Waals surface area (Å²) >= 11 is 17.9. The molecule has 35 nitrogen and oxygen atoms in total. The number of hydrogen-bond acceptors (Lipinski definition) is 29. The molecule has 0 aliphatic carbocycles. The van der Waals surface area contributed by atoms with Crippen LogP contribution in [0.15, 0.2) is 128 Å². The Morgan fingerprint density at radius 2 is 0.752 bits per heavy atom. The topological polar surface area (TPSA) is 449 Å². The highest BCUT2D eigenvalue weighted by Crippen LogP contribution is 2.32. The number of pyridine rings is 8. The Morgan fingerprint density at radius 1 is 0.419 bits per heavy atom. The summed E-state index contributed by atoms with van der Waals surface area (Å²) < 4.78 is 110. The average Bonchev–Trinajstić information content (AvgIpc) is 1.70. The van der Waals surface area contributed by atoms with E-state index < -0.39 is 95.2 Å². The Balaban J connectivity index is 0.000000183. The van der Waals surface area contributed by atoms with Gasteiger partial charge in [-0.15, -0.1) is 20.4 Å². The van der Waals surface area contributed by atoms with Crippen molar-refractivity contribution in [3.8, 4) is 45.6 Å². The number of aryl methyl sites for hydroxylation is 4. The Labute approximate surface area is 670 Å². The van der Waals surface area contributed by atoms with Crippen LogP contribution in [0, 0.1) is 17.5 Å². The monoisotopic (exact) mass is 1680 g/mol. The third kappa shape index (κ3) is 22.6. The fourth-order valence-corrected chi connectivity index (χ4v) is 11.3. The number of carboxylic acids is 2. The average molecular weight is 1680 g/mol. The highest BCUT2D eigenvalue weighted by atomic mass is 35.5. The van der Waals surface area contributed by atoms with E-state index in [1.807, 2.05) is 0 Å². The Bertz CT molecular complexity index is 5670. The van der Waals surface area contributed by atoms with Gasteiger partial charge in [-0.05, 0) is 105 Å². The number of ether oxygens (including phenoxy) is 5.